The zero-order valence-electron chi connectivity index (χ0n) is 15.8. The van der Waals surface area contributed by atoms with E-state index in [9.17, 15) is 4.79 Å². The van der Waals surface area contributed by atoms with E-state index in [2.05, 4.69) is 19.1 Å². The summed E-state index contributed by atoms with van der Waals surface area (Å²) in [5.74, 6) is 0.587. The van der Waals surface area contributed by atoms with Crippen LogP contribution in [0.15, 0.2) is 18.2 Å². The predicted molar refractivity (Wildman–Crippen MR) is 105 cm³/mol. The molecule has 2 aliphatic rings. The van der Waals surface area contributed by atoms with E-state index in [-0.39, 0.29) is 0 Å². The molecule has 1 fully saturated rings. The van der Waals surface area contributed by atoms with Gasteiger partial charge in [-0.1, -0.05) is 37.6 Å². The highest BCUT2D eigenvalue weighted by atomic mass is 35.5. The van der Waals surface area contributed by atoms with E-state index in [0.717, 1.165) is 11.8 Å². The standard InChI is InChI=1S/C10H9ClO.C9H14N2.C2H6/c11-10-3-1-2-8(7-4-5-7)9(10)6-12;1-7-8-5-3-4-6-9(8)11(2)10-7;1-2/h1-3,6-7H,4-5H2;3-6H2,1-2H3;1-2H3. The number of carbonyl (C=O) groups excluding carboxylic acids is 1. The molecule has 2 aromatic rings. The Morgan fingerprint density at radius 3 is 2.48 bits per heavy atom. The monoisotopic (exact) mass is 360 g/mol. The van der Waals surface area contributed by atoms with Gasteiger partial charge in [0.05, 0.1) is 10.7 Å². The Morgan fingerprint density at radius 2 is 1.88 bits per heavy atom. The highest BCUT2D eigenvalue weighted by molar-refractivity contribution is 6.33. The fraction of sp³-hybridized carbons (Fsp3) is 0.524. The third-order valence-electron chi connectivity index (χ3n) is 4.79. The van der Waals surface area contributed by atoms with Crippen molar-refractivity contribution in [3.63, 3.8) is 0 Å². The summed E-state index contributed by atoms with van der Waals surface area (Å²) in [7, 11) is 2.05. The summed E-state index contributed by atoms with van der Waals surface area (Å²) in [5.41, 5.74) is 6.02. The molecule has 0 spiro atoms. The molecule has 2 aliphatic carbocycles. The molecule has 25 heavy (non-hydrogen) atoms. The second kappa shape index (κ2) is 9.19. The van der Waals surface area contributed by atoms with Crippen LogP contribution in [0.5, 0.6) is 0 Å². The van der Waals surface area contributed by atoms with Crippen LogP contribution < -0.4 is 0 Å². The summed E-state index contributed by atoms with van der Waals surface area (Å²) >= 11 is 5.87. The van der Waals surface area contributed by atoms with Crippen LogP contribution in [0.1, 0.15) is 78.3 Å². The zero-order chi connectivity index (χ0) is 18.4. The first kappa shape index (κ1) is 19.7. The molecular weight excluding hydrogens is 332 g/mol. The number of aromatic nitrogens is 2. The summed E-state index contributed by atoms with van der Waals surface area (Å²) < 4.78 is 2.05. The molecule has 1 aromatic carbocycles. The van der Waals surface area contributed by atoms with E-state index in [1.807, 2.05) is 30.7 Å². The van der Waals surface area contributed by atoms with Gasteiger partial charge in [0.2, 0.25) is 0 Å². The van der Waals surface area contributed by atoms with Crippen LogP contribution in [0.2, 0.25) is 5.02 Å². The van der Waals surface area contributed by atoms with E-state index in [0.29, 0.717) is 16.5 Å². The number of benzene rings is 1. The number of hydrogen-bond donors (Lipinski definition) is 0. The molecule has 136 valence electrons. The average Bonchev–Trinajstić information content (AvgIpc) is 3.44. The van der Waals surface area contributed by atoms with Gasteiger partial charge in [-0.15, -0.1) is 0 Å². The average molecular weight is 361 g/mol. The summed E-state index contributed by atoms with van der Waals surface area (Å²) in [6, 6.07) is 5.66. The number of fused-ring (bicyclic) bond motifs is 1. The molecule has 1 aromatic heterocycles. The Hall–Kier alpha value is -1.61. The van der Waals surface area contributed by atoms with E-state index >= 15 is 0 Å². The van der Waals surface area contributed by atoms with Crippen molar-refractivity contribution in [2.24, 2.45) is 7.05 Å². The summed E-state index contributed by atoms with van der Waals surface area (Å²) in [5, 5.41) is 4.99. The van der Waals surface area contributed by atoms with Crippen LogP contribution in [-0.4, -0.2) is 16.1 Å². The Labute approximate surface area is 156 Å². The van der Waals surface area contributed by atoms with Gasteiger partial charge in [-0.3, -0.25) is 9.48 Å². The normalized spacial score (nSPS) is 15.2. The topological polar surface area (TPSA) is 34.9 Å². The van der Waals surface area contributed by atoms with Crippen LogP contribution >= 0.6 is 11.6 Å². The Morgan fingerprint density at radius 1 is 1.20 bits per heavy atom. The predicted octanol–water partition coefficient (Wildman–Crippen LogP) is 5.66. The van der Waals surface area contributed by atoms with Crippen LogP contribution in [0.3, 0.4) is 0 Å². The molecule has 0 amide bonds. The summed E-state index contributed by atoms with van der Waals surface area (Å²) in [6.45, 7) is 6.12. The summed E-state index contributed by atoms with van der Waals surface area (Å²) in [4.78, 5) is 10.7. The Bertz CT molecular complexity index is 690. The minimum atomic E-state index is 0.578. The lowest BCUT2D eigenvalue weighted by Gasteiger charge is -2.11. The fourth-order valence-electron chi connectivity index (χ4n) is 3.41. The smallest absolute Gasteiger partial charge is 0.151 e. The number of rotatable bonds is 2. The second-order valence-electron chi connectivity index (χ2n) is 6.48. The molecule has 4 rings (SSSR count). The van der Waals surface area contributed by atoms with Crippen molar-refractivity contribution in [1.82, 2.24) is 9.78 Å². The van der Waals surface area contributed by atoms with E-state index in [1.165, 1.54) is 55.5 Å². The molecule has 0 atom stereocenters. The third kappa shape index (κ3) is 4.72. The maximum atomic E-state index is 10.7. The van der Waals surface area contributed by atoms with Crippen LogP contribution in [0.25, 0.3) is 0 Å². The van der Waals surface area contributed by atoms with Crippen LogP contribution in [0, 0.1) is 6.92 Å². The van der Waals surface area contributed by atoms with Crippen molar-refractivity contribution in [3.05, 3.63) is 51.3 Å². The van der Waals surface area contributed by atoms with Gasteiger partial charge in [0.15, 0.2) is 6.29 Å². The number of hydrogen-bond acceptors (Lipinski definition) is 2. The van der Waals surface area contributed by atoms with Crippen molar-refractivity contribution in [2.75, 3.05) is 0 Å². The molecule has 0 radical (unpaired) electrons. The molecule has 0 aliphatic heterocycles. The summed E-state index contributed by atoms with van der Waals surface area (Å²) in [6.07, 6.45) is 8.41. The lowest BCUT2D eigenvalue weighted by Crippen LogP contribution is -2.05. The Kier molecular flexibility index (Phi) is 7.24. The molecule has 1 heterocycles. The third-order valence-corrected chi connectivity index (χ3v) is 5.12. The van der Waals surface area contributed by atoms with Gasteiger partial charge >= 0.3 is 0 Å². The number of aldehydes is 1. The highest BCUT2D eigenvalue weighted by Gasteiger charge is 2.26. The molecule has 0 bridgehead atoms. The zero-order valence-corrected chi connectivity index (χ0v) is 16.6. The molecule has 0 saturated heterocycles. The van der Waals surface area contributed by atoms with Crippen LogP contribution in [-0.2, 0) is 19.9 Å². The molecule has 4 heteroatoms. The van der Waals surface area contributed by atoms with Gasteiger partial charge in [0, 0.05) is 18.3 Å². The molecule has 3 nitrogen and oxygen atoms in total. The lowest BCUT2D eigenvalue weighted by atomic mass is 9.96. The molecule has 0 N–H and O–H groups in total. The van der Waals surface area contributed by atoms with Crippen molar-refractivity contribution >= 4 is 17.9 Å². The first-order valence-corrected chi connectivity index (χ1v) is 9.74. The van der Waals surface area contributed by atoms with E-state index < -0.39 is 0 Å². The minimum Gasteiger partial charge on any atom is -0.298 e. The largest absolute Gasteiger partial charge is 0.298 e. The quantitative estimate of drug-likeness (QED) is 0.647. The van der Waals surface area contributed by atoms with Gasteiger partial charge in [-0.25, -0.2) is 0 Å². The van der Waals surface area contributed by atoms with Gasteiger partial charge < -0.3 is 0 Å². The van der Waals surface area contributed by atoms with Gasteiger partial charge in [-0.05, 0) is 68.6 Å². The Balaban J connectivity index is 0.000000165. The van der Waals surface area contributed by atoms with Gasteiger partial charge in [0.25, 0.3) is 0 Å². The van der Waals surface area contributed by atoms with Crippen molar-refractivity contribution < 1.29 is 4.79 Å². The second-order valence-corrected chi connectivity index (χ2v) is 6.88. The maximum absolute atomic E-state index is 10.7. The van der Waals surface area contributed by atoms with Crippen molar-refractivity contribution in [1.29, 1.82) is 0 Å². The first-order chi connectivity index (χ1) is 12.1. The number of halogens is 1. The van der Waals surface area contributed by atoms with Gasteiger partial charge in [0.1, 0.15) is 0 Å². The minimum absolute atomic E-state index is 0.578. The van der Waals surface area contributed by atoms with E-state index in [1.54, 1.807) is 6.07 Å². The number of carbonyl (C=O) groups is 1. The number of nitrogens with zero attached hydrogens (tertiary/aromatic N) is 2. The van der Waals surface area contributed by atoms with Crippen molar-refractivity contribution in [2.45, 2.75) is 65.2 Å². The molecular formula is C21H29ClN2O. The highest BCUT2D eigenvalue weighted by Crippen LogP contribution is 2.42. The van der Waals surface area contributed by atoms with E-state index in [4.69, 9.17) is 11.6 Å². The van der Waals surface area contributed by atoms with Crippen LogP contribution in [0.4, 0.5) is 0 Å². The fourth-order valence-corrected chi connectivity index (χ4v) is 3.64. The van der Waals surface area contributed by atoms with Crippen molar-refractivity contribution in [3.8, 4) is 0 Å². The number of aryl methyl sites for hydroxylation is 2. The first-order valence-electron chi connectivity index (χ1n) is 9.36. The SMILES string of the molecule is CC.Cc1nn(C)c2c1CCCC2.O=Cc1c(Cl)cccc1C1CC1. The lowest BCUT2D eigenvalue weighted by molar-refractivity contribution is 0.112. The molecule has 1 saturated carbocycles. The molecule has 0 unspecified atom stereocenters. The van der Waals surface area contributed by atoms with Gasteiger partial charge in [-0.2, -0.15) is 5.10 Å². The maximum Gasteiger partial charge on any atom is 0.151 e.